The van der Waals surface area contributed by atoms with E-state index >= 15 is 0 Å². The fourth-order valence-electron chi connectivity index (χ4n) is 3.43. The highest BCUT2D eigenvalue weighted by Crippen LogP contribution is 2.26. The van der Waals surface area contributed by atoms with Gasteiger partial charge in [-0.1, -0.05) is 58.0 Å². The van der Waals surface area contributed by atoms with Gasteiger partial charge in [0.1, 0.15) is 30.4 Å². The number of benzene rings is 2. The van der Waals surface area contributed by atoms with Gasteiger partial charge in [0, 0.05) is 0 Å². The van der Waals surface area contributed by atoms with Gasteiger partial charge in [-0.3, -0.25) is 4.79 Å². The summed E-state index contributed by atoms with van der Waals surface area (Å²) in [5.74, 6) is 2.46. The minimum absolute atomic E-state index is 0.00585. The van der Waals surface area contributed by atoms with E-state index in [1.54, 1.807) is 0 Å². The highest BCUT2D eigenvalue weighted by atomic mass is 16.5. The Labute approximate surface area is 198 Å². The fourth-order valence-corrected chi connectivity index (χ4v) is 3.43. The number of ether oxygens (including phenoxy) is 2. The van der Waals surface area contributed by atoms with Crippen molar-refractivity contribution in [1.82, 2.24) is 4.57 Å². The van der Waals surface area contributed by atoms with Crippen molar-refractivity contribution in [1.29, 1.82) is 0 Å². The van der Waals surface area contributed by atoms with Gasteiger partial charge >= 0.3 is 0 Å². The number of imidazole rings is 1. The molecule has 0 atom stereocenters. The molecule has 0 fully saturated rings. The quantitative estimate of drug-likeness (QED) is 0.254. The maximum Gasteiger partial charge on any atom is 0.244 e. The summed E-state index contributed by atoms with van der Waals surface area (Å²) in [6.45, 7) is 10.9. The topological polar surface area (TPSA) is 44.3 Å². The monoisotopic (exact) mass is 449 g/mol. The largest absolute Gasteiger partial charge is 0.494 e. The number of hydrogen-bond acceptors (Lipinski definition) is 3. The third kappa shape index (κ3) is 8.08. The van der Waals surface area contributed by atoms with E-state index in [1.165, 1.54) is 5.56 Å². The Morgan fingerprint density at radius 3 is 2.33 bits per heavy atom. The van der Waals surface area contributed by atoms with E-state index in [1.807, 2.05) is 59.7 Å². The number of hydrogen-bond donors (Lipinski definition) is 0. The van der Waals surface area contributed by atoms with E-state index in [9.17, 15) is 4.79 Å². The first-order valence-electron chi connectivity index (χ1n) is 11.9. The Bertz CT molecular complexity index is 1010. The smallest absolute Gasteiger partial charge is 0.244 e. The lowest BCUT2D eigenvalue weighted by Gasteiger charge is -2.14. The SMILES string of the molecule is CC(C)CCOc1ccc(OCCC(C)C)c(C(=O)Cn2cc[n+](Cc3ccccc3)c2)c1. The van der Waals surface area contributed by atoms with Crippen LogP contribution in [0.2, 0.25) is 0 Å². The lowest BCUT2D eigenvalue weighted by Crippen LogP contribution is -2.31. The van der Waals surface area contributed by atoms with Crippen LogP contribution in [0.15, 0.2) is 67.3 Å². The Morgan fingerprint density at radius 1 is 0.939 bits per heavy atom. The van der Waals surface area contributed by atoms with Crippen molar-refractivity contribution in [3.63, 3.8) is 0 Å². The van der Waals surface area contributed by atoms with Crippen molar-refractivity contribution in [2.24, 2.45) is 11.8 Å². The second kappa shape index (κ2) is 12.2. The molecule has 1 aromatic heterocycles. The number of Topliss-reactive ketones (excluding diaryl/α,β-unsaturated/α-hetero) is 1. The number of carbonyl (C=O) groups excluding carboxylic acids is 1. The Morgan fingerprint density at radius 2 is 1.64 bits per heavy atom. The predicted octanol–water partition coefficient (Wildman–Crippen LogP) is 5.56. The number of carbonyl (C=O) groups is 1. The molecule has 0 saturated heterocycles. The molecular weight excluding hydrogens is 412 g/mol. The first-order chi connectivity index (χ1) is 15.9. The molecule has 0 saturated carbocycles. The van der Waals surface area contributed by atoms with Crippen LogP contribution in [0, 0.1) is 11.8 Å². The molecule has 0 aliphatic heterocycles. The number of rotatable bonds is 13. The normalized spacial score (nSPS) is 11.2. The zero-order chi connectivity index (χ0) is 23.6. The summed E-state index contributed by atoms with van der Waals surface area (Å²) in [6, 6.07) is 15.9. The van der Waals surface area contributed by atoms with E-state index in [0.717, 1.165) is 19.4 Å². The molecule has 33 heavy (non-hydrogen) atoms. The van der Waals surface area contributed by atoms with E-state index in [2.05, 4.69) is 44.4 Å². The summed E-state index contributed by atoms with van der Waals surface area (Å²) in [6.07, 6.45) is 7.81. The van der Waals surface area contributed by atoms with Gasteiger partial charge in [-0.25, -0.2) is 9.13 Å². The summed E-state index contributed by atoms with van der Waals surface area (Å²) in [4.78, 5) is 13.3. The first-order valence-corrected chi connectivity index (χ1v) is 11.9. The second-order valence-electron chi connectivity index (χ2n) is 9.39. The number of ketones is 1. The minimum atomic E-state index is 0.00585. The highest BCUT2D eigenvalue weighted by Gasteiger charge is 2.18. The maximum atomic E-state index is 13.3. The van der Waals surface area contributed by atoms with Gasteiger partial charge in [0.05, 0.1) is 18.8 Å². The van der Waals surface area contributed by atoms with Crippen LogP contribution >= 0.6 is 0 Å². The van der Waals surface area contributed by atoms with E-state index in [-0.39, 0.29) is 12.3 Å². The Balaban J connectivity index is 1.71. The molecule has 0 aliphatic rings. The first kappa shape index (κ1) is 24.6. The van der Waals surface area contributed by atoms with Crippen molar-refractivity contribution in [2.75, 3.05) is 13.2 Å². The maximum absolute atomic E-state index is 13.3. The second-order valence-corrected chi connectivity index (χ2v) is 9.39. The molecule has 5 heteroatoms. The molecule has 0 unspecified atom stereocenters. The molecule has 5 nitrogen and oxygen atoms in total. The van der Waals surface area contributed by atoms with Crippen LogP contribution in [0.1, 0.15) is 56.5 Å². The van der Waals surface area contributed by atoms with Crippen molar-refractivity contribution in [3.8, 4) is 11.5 Å². The summed E-state index contributed by atoms with van der Waals surface area (Å²) in [5.41, 5.74) is 1.79. The third-order valence-electron chi connectivity index (χ3n) is 5.45. The molecule has 0 spiro atoms. The van der Waals surface area contributed by atoms with Crippen molar-refractivity contribution >= 4 is 5.78 Å². The average molecular weight is 450 g/mol. The van der Waals surface area contributed by atoms with Crippen molar-refractivity contribution < 1.29 is 18.8 Å². The molecule has 176 valence electrons. The van der Waals surface area contributed by atoms with Crippen LogP contribution in [-0.4, -0.2) is 23.6 Å². The molecule has 3 aromatic rings. The van der Waals surface area contributed by atoms with Crippen LogP contribution < -0.4 is 14.0 Å². The zero-order valence-corrected chi connectivity index (χ0v) is 20.4. The Hall–Kier alpha value is -3.08. The fraction of sp³-hybridized carbons (Fsp3) is 0.429. The summed E-state index contributed by atoms with van der Waals surface area (Å²) < 4.78 is 15.9. The molecule has 0 N–H and O–H groups in total. The average Bonchev–Trinajstić information content (AvgIpc) is 3.21. The van der Waals surface area contributed by atoms with Gasteiger partial charge in [0.15, 0.2) is 6.54 Å². The Kier molecular flexibility index (Phi) is 9.11. The van der Waals surface area contributed by atoms with E-state index in [0.29, 0.717) is 42.1 Å². The highest BCUT2D eigenvalue weighted by molar-refractivity contribution is 5.98. The molecule has 2 aromatic carbocycles. The summed E-state index contributed by atoms with van der Waals surface area (Å²) >= 11 is 0. The van der Waals surface area contributed by atoms with Gasteiger partial charge in [-0.2, -0.15) is 0 Å². The third-order valence-corrected chi connectivity index (χ3v) is 5.45. The molecule has 1 heterocycles. The van der Waals surface area contributed by atoms with Crippen LogP contribution in [0.3, 0.4) is 0 Å². The molecule has 0 radical (unpaired) electrons. The standard InChI is InChI=1S/C28H37N2O3/c1-22(2)12-16-32-25-10-11-28(33-17-13-23(3)4)26(18-25)27(31)20-30-15-14-29(21-30)19-24-8-6-5-7-9-24/h5-11,14-15,18,21-23H,12-13,16-17,19-20H2,1-4H3/q+1. The van der Waals surface area contributed by atoms with E-state index < -0.39 is 0 Å². The van der Waals surface area contributed by atoms with Crippen LogP contribution in [-0.2, 0) is 13.1 Å². The lowest BCUT2D eigenvalue weighted by atomic mass is 10.1. The summed E-state index contributed by atoms with van der Waals surface area (Å²) in [5, 5.41) is 0. The molecule has 0 amide bonds. The van der Waals surface area contributed by atoms with E-state index in [4.69, 9.17) is 9.47 Å². The summed E-state index contributed by atoms with van der Waals surface area (Å²) in [7, 11) is 0. The predicted molar refractivity (Wildman–Crippen MR) is 131 cm³/mol. The lowest BCUT2D eigenvalue weighted by molar-refractivity contribution is -0.687. The van der Waals surface area contributed by atoms with Gasteiger partial charge in [0.2, 0.25) is 12.1 Å². The minimum Gasteiger partial charge on any atom is -0.494 e. The van der Waals surface area contributed by atoms with Crippen LogP contribution in [0.5, 0.6) is 11.5 Å². The van der Waals surface area contributed by atoms with Crippen LogP contribution in [0.4, 0.5) is 0 Å². The number of aromatic nitrogens is 2. The molecule has 3 rings (SSSR count). The van der Waals surface area contributed by atoms with Crippen molar-refractivity contribution in [3.05, 3.63) is 78.4 Å². The molecule has 0 aliphatic carbocycles. The van der Waals surface area contributed by atoms with Gasteiger partial charge in [-0.15, -0.1) is 0 Å². The van der Waals surface area contributed by atoms with Crippen LogP contribution in [0.25, 0.3) is 0 Å². The van der Waals surface area contributed by atoms with Crippen molar-refractivity contribution in [2.45, 2.75) is 53.6 Å². The van der Waals surface area contributed by atoms with Gasteiger partial charge < -0.3 is 9.47 Å². The number of nitrogens with zero attached hydrogens (tertiary/aromatic N) is 2. The van der Waals surface area contributed by atoms with Gasteiger partial charge in [-0.05, 0) is 48.4 Å². The van der Waals surface area contributed by atoms with Gasteiger partial charge in [0.25, 0.3) is 0 Å². The molecule has 0 bridgehead atoms. The zero-order valence-electron chi connectivity index (χ0n) is 20.4. The molecular formula is C28H37N2O3+.